The summed E-state index contributed by atoms with van der Waals surface area (Å²) >= 11 is 0. The van der Waals surface area contributed by atoms with E-state index in [1.165, 1.54) is 0 Å². The van der Waals surface area contributed by atoms with Crippen molar-refractivity contribution in [2.24, 2.45) is 10.7 Å². The summed E-state index contributed by atoms with van der Waals surface area (Å²) in [5.41, 5.74) is 6.53. The Hall–Kier alpha value is -1.71. The molecule has 0 aliphatic carbocycles. The van der Waals surface area contributed by atoms with Gasteiger partial charge in [0.25, 0.3) is 6.02 Å². The molecule has 2 rings (SSSR count). The molecule has 0 fully saturated rings. The van der Waals surface area contributed by atoms with E-state index >= 15 is 0 Å². The van der Waals surface area contributed by atoms with Gasteiger partial charge in [-0.15, -0.1) is 0 Å². The molecule has 16 heavy (non-hydrogen) atoms. The SMILES string of the molecule is CC(C)Oc1ccc(C2CN=C(N)O2)cc1. The first-order valence-electron chi connectivity index (χ1n) is 5.38. The minimum atomic E-state index is -0.0481. The van der Waals surface area contributed by atoms with Crippen LogP contribution in [0.3, 0.4) is 0 Å². The van der Waals surface area contributed by atoms with Crippen molar-refractivity contribution in [3.05, 3.63) is 29.8 Å². The normalized spacial score (nSPS) is 19.4. The van der Waals surface area contributed by atoms with Gasteiger partial charge in [-0.05, 0) is 31.5 Å². The molecule has 86 valence electrons. The number of benzene rings is 1. The summed E-state index contributed by atoms with van der Waals surface area (Å²) in [4.78, 5) is 4.01. The van der Waals surface area contributed by atoms with Crippen LogP contribution < -0.4 is 10.5 Å². The summed E-state index contributed by atoms with van der Waals surface area (Å²) in [7, 11) is 0. The third-order valence-electron chi connectivity index (χ3n) is 2.30. The molecule has 4 nitrogen and oxygen atoms in total. The summed E-state index contributed by atoms with van der Waals surface area (Å²) in [6.07, 6.45) is 0.139. The fraction of sp³-hybridized carbons (Fsp3) is 0.417. The Morgan fingerprint density at radius 1 is 1.38 bits per heavy atom. The van der Waals surface area contributed by atoms with Crippen molar-refractivity contribution in [1.82, 2.24) is 0 Å². The molecule has 1 aliphatic heterocycles. The molecule has 1 atom stereocenters. The molecule has 0 bridgehead atoms. The topological polar surface area (TPSA) is 56.8 Å². The van der Waals surface area contributed by atoms with Crippen LogP contribution in [0.15, 0.2) is 29.3 Å². The molecular formula is C12H16N2O2. The maximum atomic E-state index is 5.56. The van der Waals surface area contributed by atoms with Crippen LogP contribution in [0, 0.1) is 0 Å². The maximum absolute atomic E-state index is 5.56. The Morgan fingerprint density at radius 2 is 2.06 bits per heavy atom. The third kappa shape index (κ3) is 2.45. The molecule has 1 heterocycles. The summed E-state index contributed by atoms with van der Waals surface area (Å²) in [6, 6.07) is 8.11. The third-order valence-corrected chi connectivity index (χ3v) is 2.30. The predicted molar refractivity (Wildman–Crippen MR) is 62.5 cm³/mol. The summed E-state index contributed by atoms with van der Waals surface area (Å²) in [5, 5.41) is 0. The molecule has 0 spiro atoms. The number of hydrogen-bond acceptors (Lipinski definition) is 4. The highest BCUT2D eigenvalue weighted by Crippen LogP contribution is 2.24. The molecule has 0 aromatic heterocycles. The molecule has 0 amide bonds. The summed E-state index contributed by atoms with van der Waals surface area (Å²) < 4.78 is 10.9. The molecule has 0 saturated carbocycles. The van der Waals surface area contributed by atoms with Gasteiger partial charge in [-0.25, -0.2) is 4.99 Å². The van der Waals surface area contributed by atoms with Gasteiger partial charge in [0.05, 0.1) is 12.6 Å². The molecule has 4 heteroatoms. The van der Waals surface area contributed by atoms with Crippen molar-refractivity contribution >= 4 is 6.02 Å². The Balaban J connectivity index is 2.02. The number of rotatable bonds is 3. The smallest absolute Gasteiger partial charge is 0.282 e. The summed E-state index contributed by atoms with van der Waals surface area (Å²) in [5.74, 6) is 0.866. The van der Waals surface area contributed by atoms with Crippen molar-refractivity contribution in [3.63, 3.8) is 0 Å². The van der Waals surface area contributed by atoms with E-state index in [-0.39, 0.29) is 18.2 Å². The molecule has 2 N–H and O–H groups in total. The second-order valence-corrected chi connectivity index (χ2v) is 4.02. The highest BCUT2D eigenvalue weighted by atomic mass is 16.5. The average molecular weight is 220 g/mol. The fourth-order valence-electron chi connectivity index (χ4n) is 1.60. The molecule has 1 aliphatic rings. The zero-order chi connectivity index (χ0) is 11.5. The van der Waals surface area contributed by atoms with E-state index in [1.807, 2.05) is 38.1 Å². The quantitative estimate of drug-likeness (QED) is 0.845. The lowest BCUT2D eigenvalue weighted by Crippen LogP contribution is -2.13. The van der Waals surface area contributed by atoms with Gasteiger partial charge < -0.3 is 15.2 Å². The molecule has 1 unspecified atom stereocenters. The maximum Gasteiger partial charge on any atom is 0.282 e. The van der Waals surface area contributed by atoms with Crippen molar-refractivity contribution in [1.29, 1.82) is 0 Å². The number of ether oxygens (including phenoxy) is 2. The largest absolute Gasteiger partial charge is 0.491 e. The van der Waals surface area contributed by atoms with Crippen molar-refractivity contribution in [2.75, 3.05) is 6.54 Å². The zero-order valence-corrected chi connectivity index (χ0v) is 9.51. The number of nitrogens with zero attached hydrogens (tertiary/aromatic N) is 1. The highest BCUT2D eigenvalue weighted by Gasteiger charge is 2.19. The van der Waals surface area contributed by atoms with Gasteiger partial charge in [-0.3, -0.25) is 0 Å². The second-order valence-electron chi connectivity index (χ2n) is 4.02. The lowest BCUT2D eigenvalue weighted by Gasteiger charge is -2.12. The van der Waals surface area contributed by atoms with Crippen LogP contribution in [-0.2, 0) is 4.74 Å². The molecule has 1 aromatic rings. The van der Waals surface area contributed by atoms with Gasteiger partial charge in [0.2, 0.25) is 0 Å². The molecular weight excluding hydrogens is 204 g/mol. The van der Waals surface area contributed by atoms with E-state index in [2.05, 4.69) is 4.99 Å². The van der Waals surface area contributed by atoms with E-state index in [0.29, 0.717) is 6.54 Å². The first-order valence-corrected chi connectivity index (χ1v) is 5.38. The molecule has 0 radical (unpaired) electrons. The lowest BCUT2D eigenvalue weighted by atomic mass is 10.1. The van der Waals surface area contributed by atoms with Crippen molar-refractivity contribution < 1.29 is 9.47 Å². The molecule has 1 aromatic carbocycles. The first-order chi connectivity index (χ1) is 7.65. The Kier molecular flexibility index (Phi) is 2.99. The monoisotopic (exact) mass is 220 g/mol. The van der Waals surface area contributed by atoms with E-state index in [9.17, 15) is 0 Å². The minimum Gasteiger partial charge on any atom is -0.491 e. The van der Waals surface area contributed by atoms with Crippen LogP contribution in [0.5, 0.6) is 5.75 Å². The standard InChI is InChI=1S/C12H16N2O2/c1-8(2)15-10-5-3-9(4-6-10)11-7-14-12(13)16-11/h3-6,8,11H,7H2,1-2H3,(H2,13,14). The number of aliphatic imine (C=N–C) groups is 1. The van der Waals surface area contributed by atoms with E-state index in [0.717, 1.165) is 11.3 Å². The van der Waals surface area contributed by atoms with Crippen molar-refractivity contribution in [3.8, 4) is 5.75 Å². The van der Waals surface area contributed by atoms with Crippen LogP contribution in [0.4, 0.5) is 0 Å². The fourth-order valence-corrected chi connectivity index (χ4v) is 1.60. The van der Waals surface area contributed by atoms with Gasteiger partial charge in [0, 0.05) is 0 Å². The van der Waals surface area contributed by atoms with Gasteiger partial charge >= 0.3 is 0 Å². The van der Waals surface area contributed by atoms with Gasteiger partial charge in [0.1, 0.15) is 11.9 Å². The minimum absolute atomic E-state index is 0.0481. The van der Waals surface area contributed by atoms with Crippen LogP contribution in [0.25, 0.3) is 0 Å². The Labute approximate surface area is 95.1 Å². The zero-order valence-electron chi connectivity index (χ0n) is 9.51. The van der Waals surface area contributed by atoms with Gasteiger partial charge in [0.15, 0.2) is 0 Å². The van der Waals surface area contributed by atoms with Crippen LogP contribution in [-0.4, -0.2) is 18.7 Å². The first kappa shape index (κ1) is 10.8. The van der Waals surface area contributed by atoms with Gasteiger partial charge in [-0.1, -0.05) is 12.1 Å². The van der Waals surface area contributed by atoms with Crippen LogP contribution in [0.2, 0.25) is 0 Å². The predicted octanol–water partition coefficient (Wildman–Crippen LogP) is 1.86. The van der Waals surface area contributed by atoms with E-state index in [4.69, 9.17) is 15.2 Å². The van der Waals surface area contributed by atoms with Crippen LogP contribution >= 0.6 is 0 Å². The van der Waals surface area contributed by atoms with Gasteiger partial charge in [-0.2, -0.15) is 0 Å². The number of amidine groups is 1. The number of hydrogen-bond donors (Lipinski definition) is 1. The second kappa shape index (κ2) is 4.43. The van der Waals surface area contributed by atoms with Crippen molar-refractivity contribution in [2.45, 2.75) is 26.1 Å². The average Bonchev–Trinajstić information content (AvgIpc) is 2.65. The van der Waals surface area contributed by atoms with E-state index < -0.39 is 0 Å². The Morgan fingerprint density at radius 3 is 2.56 bits per heavy atom. The highest BCUT2D eigenvalue weighted by molar-refractivity contribution is 5.73. The van der Waals surface area contributed by atoms with Crippen LogP contribution in [0.1, 0.15) is 25.5 Å². The van der Waals surface area contributed by atoms with E-state index in [1.54, 1.807) is 0 Å². The number of nitrogens with two attached hydrogens (primary N) is 1. The lowest BCUT2D eigenvalue weighted by molar-refractivity contribution is 0.225. The summed E-state index contributed by atoms with van der Waals surface area (Å²) in [6.45, 7) is 4.60. The Bertz CT molecular complexity index is 385. The molecule has 0 saturated heterocycles.